The first-order valence-electron chi connectivity index (χ1n) is 7.33. The van der Waals surface area contributed by atoms with E-state index in [0.717, 1.165) is 30.4 Å². The van der Waals surface area contributed by atoms with Crippen LogP contribution in [-0.4, -0.2) is 22.5 Å². The van der Waals surface area contributed by atoms with Crippen molar-refractivity contribution in [3.8, 4) is 11.4 Å². The van der Waals surface area contributed by atoms with E-state index >= 15 is 0 Å². The van der Waals surface area contributed by atoms with Crippen LogP contribution in [0, 0.1) is 0 Å². The van der Waals surface area contributed by atoms with E-state index in [1.165, 1.54) is 0 Å². The summed E-state index contributed by atoms with van der Waals surface area (Å²) in [6.07, 6.45) is 7.07. The summed E-state index contributed by atoms with van der Waals surface area (Å²) in [4.78, 5) is 20.4. The van der Waals surface area contributed by atoms with Gasteiger partial charge in [-0.25, -0.2) is 14.8 Å². The molecule has 110 valence electrons. The summed E-state index contributed by atoms with van der Waals surface area (Å²) in [5, 5.41) is 0. The van der Waals surface area contributed by atoms with Gasteiger partial charge in [0.1, 0.15) is 0 Å². The molecule has 0 saturated heterocycles. The normalized spacial score (nSPS) is 10.4. The fourth-order valence-corrected chi connectivity index (χ4v) is 1.98. The molecule has 0 spiro atoms. The second kappa shape index (κ2) is 7.53. The van der Waals surface area contributed by atoms with E-state index in [4.69, 9.17) is 4.74 Å². The van der Waals surface area contributed by atoms with Gasteiger partial charge in [-0.2, -0.15) is 0 Å². The Morgan fingerprint density at radius 3 is 2.33 bits per heavy atom. The van der Waals surface area contributed by atoms with Gasteiger partial charge in [-0.1, -0.05) is 25.5 Å². The third kappa shape index (κ3) is 4.12. The summed E-state index contributed by atoms with van der Waals surface area (Å²) >= 11 is 0. The number of esters is 1. The first-order chi connectivity index (χ1) is 10.2. The van der Waals surface area contributed by atoms with Gasteiger partial charge in [-0.15, -0.1) is 0 Å². The van der Waals surface area contributed by atoms with Crippen LogP contribution < -0.4 is 0 Å². The molecule has 0 aliphatic rings. The van der Waals surface area contributed by atoms with Gasteiger partial charge >= 0.3 is 5.97 Å². The summed E-state index contributed by atoms with van der Waals surface area (Å²) in [6.45, 7) is 4.34. The van der Waals surface area contributed by atoms with Gasteiger partial charge in [-0.05, 0) is 37.5 Å². The first kappa shape index (κ1) is 15.2. The average Bonchev–Trinajstić information content (AvgIpc) is 2.54. The second-order valence-corrected chi connectivity index (χ2v) is 4.82. The molecule has 0 unspecified atom stereocenters. The molecule has 2 rings (SSSR count). The van der Waals surface area contributed by atoms with Crippen LogP contribution in [0.1, 0.15) is 42.6 Å². The van der Waals surface area contributed by atoms with Crippen molar-refractivity contribution in [2.45, 2.75) is 33.1 Å². The van der Waals surface area contributed by atoms with Crippen LogP contribution >= 0.6 is 0 Å². The van der Waals surface area contributed by atoms with E-state index < -0.39 is 0 Å². The Labute approximate surface area is 125 Å². The lowest BCUT2D eigenvalue weighted by Gasteiger charge is -2.04. The summed E-state index contributed by atoms with van der Waals surface area (Å²) in [5.74, 6) is 0.366. The molecule has 2 aromatic rings. The molecule has 21 heavy (non-hydrogen) atoms. The Morgan fingerprint density at radius 1 is 1.10 bits per heavy atom. The van der Waals surface area contributed by atoms with Gasteiger partial charge in [0.15, 0.2) is 5.82 Å². The highest BCUT2D eigenvalue weighted by Gasteiger charge is 2.07. The van der Waals surface area contributed by atoms with Crippen LogP contribution in [0.5, 0.6) is 0 Å². The van der Waals surface area contributed by atoms with Gasteiger partial charge < -0.3 is 4.74 Å². The highest BCUT2D eigenvalue weighted by molar-refractivity contribution is 5.89. The third-order valence-electron chi connectivity index (χ3n) is 3.18. The largest absolute Gasteiger partial charge is 0.462 e. The van der Waals surface area contributed by atoms with E-state index in [1.807, 2.05) is 24.5 Å². The molecule has 1 aromatic heterocycles. The lowest BCUT2D eigenvalue weighted by molar-refractivity contribution is 0.0526. The number of hydrogen-bond donors (Lipinski definition) is 0. The quantitative estimate of drug-likeness (QED) is 0.760. The molecule has 0 atom stereocenters. The Hall–Kier alpha value is -2.23. The molecular weight excluding hydrogens is 264 g/mol. The molecule has 0 aliphatic carbocycles. The molecule has 1 heterocycles. The Morgan fingerprint density at radius 2 is 1.76 bits per heavy atom. The van der Waals surface area contributed by atoms with Gasteiger partial charge in [0.05, 0.1) is 12.2 Å². The van der Waals surface area contributed by atoms with Crippen molar-refractivity contribution in [1.29, 1.82) is 0 Å². The minimum Gasteiger partial charge on any atom is -0.462 e. The number of rotatable bonds is 6. The van der Waals surface area contributed by atoms with Crippen molar-refractivity contribution in [3.05, 3.63) is 47.8 Å². The van der Waals surface area contributed by atoms with E-state index in [0.29, 0.717) is 18.0 Å². The van der Waals surface area contributed by atoms with Crippen molar-refractivity contribution in [2.24, 2.45) is 0 Å². The predicted molar refractivity (Wildman–Crippen MR) is 82.0 cm³/mol. The Balaban J connectivity index is 2.09. The maximum absolute atomic E-state index is 11.6. The number of ether oxygens (including phenoxy) is 1. The maximum Gasteiger partial charge on any atom is 0.338 e. The zero-order chi connectivity index (χ0) is 15.1. The van der Waals surface area contributed by atoms with Gasteiger partial charge in [0, 0.05) is 18.0 Å². The van der Waals surface area contributed by atoms with Crippen molar-refractivity contribution in [1.82, 2.24) is 9.97 Å². The molecule has 0 radical (unpaired) electrons. The SMILES string of the molecule is CCCCc1cnc(-c2ccc(C(=O)OCC)cc2)nc1. The number of carbonyl (C=O) groups is 1. The molecule has 0 fully saturated rings. The number of aromatic nitrogens is 2. The van der Waals surface area contributed by atoms with E-state index in [-0.39, 0.29) is 5.97 Å². The summed E-state index contributed by atoms with van der Waals surface area (Å²) < 4.78 is 4.96. The van der Waals surface area contributed by atoms with Gasteiger partial charge in [0.25, 0.3) is 0 Å². The molecule has 0 bridgehead atoms. The maximum atomic E-state index is 11.6. The Bertz CT molecular complexity index is 577. The van der Waals surface area contributed by atoms with Crippen LogP contribution in [0.25, 0.3) is 11.4 Å². The fraction of sp³-hybridized carbons (Fsp3) is 0.353. The van der Waals surface area contributed by atoms with Crippen LogP contribution in [0.4, 0.5) is 0 Å². The number of nitrogens with zero attached hydrogens (tertiary/aromatic N) is 2. The second-order valence-electron chi connectivity index (χ2n) is 4.82. The lowest BCUT2D eigenvalue weighted by Crippen LogP contribution is -2.04. The molecule has 1 aromatic carbocycles. The fourth-order valence-electron chi connectivity index (χ4n) is 1.98. The van der Waals surface area contributed by atoms with Crippen molar-refractivity contribution < 1.29 is 9.53 Å². The number of unbranched alkanes of at least 4 members (excludes halogenated alkanes) is 1. The number of aryl methyl sites for hydroxylation is 1. The van der Waals surface area contributed by atoms with Crippen molar-refractivity contribution >= 4 is 5.97 Å². The van der Waals surface area contributed by atoms with E-state index in [1.54, 1.807) is 19.1 Å². The molecule has 0 aliphatic heterocycles. The van der Waals surface area contributed by atoms with Crippen LogP contribution in [0.3, 0.4) is 0 Å². The Kier molecular flexibility index (Phi) is 5.43. The summed E-state index contributed by atoms with van der Waals surface area (Å²) in [5.41, 5.74) is 2.59. The predicted octanol–water partition coefficient (Wildman–Crippen LogP) is 3.66. The highest BCUT2D eigenvalue weighted by Crippen LogP contribution is 2.16. The molecule has 4 nitrogen and oxygen atoms in total. The molecule has 0 saturated carbocycles. The van der Waals surface area contributed by atoms with Crippen LogP contribution in [-0.2, 0) is 11.2 Å². The van der Waals surface area contributed by atoms with Crippen molar-refractivity contribution in [2.75, 3.05) is 6.61 Å². The zero-order valence-corrected chi connectivity index (χ0v) is 12.5. The monoisotopic (exact) mass is 284 g/mol. The first-order valence-corrected chi connectivity index (χ1v) is 7.33. The third-order valence-corrected chi connectivity index (χ3v) is 3.18. The topological polar surface area (TPSA) is 52.1 Å². The van der Waals surface area contributed by atoms with Crippen LogP contribution in [0.15, 0.2) is 36.7 Å². The zero-order valence-electron chi connectivity index (χ0n) is 12.5. The number of benzene rings is 1. The van der Waals surface area contributed by atoms with Crippen LogP contribution in [0.2, 0.25) is 0 Å². The van der Waals surface area contributed by atoms with Gasteiger partial charge in [-0.3, -0.25) is 0 Å². The number of hydrogen-bond acceptors (Lipinski definition) is 4. The summed E-state index contributed by atoms with van der Waals surface area (Å²) in [7, 11) is 0. The minimum atomic E-state index is -0.306. The van der Waals surface area contributed by atoms with E-state index in [9.17, 15) is 4.79 Å². The lowest BCUT2D eigenvalue weighted by atomic mass is 10.1. The minimum absolute atomic E-state index is 0.306. The average molecular weight is 284 g/mol. The smallest absolute Gasteiger partial charge is 0.338 e. The van der Waals surface area contributed by atoms with Gasteiger partial charge in [0.2, 0.25) is 0 Å². The molecule has 4 heteroatoms. The molecule has 0 N–H and O–H groups in total. The summed E-state index contributed by atoms with van der Waals surface area (Å²) in [6, 6.07) is 7.16. The molecular formula is C17H20N2O2. The van der Waals surface area contributed by atoms with Crippen molar-refractivity contribution in [3.63, 3.8) is 0 Å². The molecule has 0 amide bonds. The number of carbonyl (C=O) groups excluding carboxylic acids is 1. The standard InChI is InChI=1S/C17H20N2O2/c1-3-5-6-13-11-18-16(19-12-13)14-7-9-15(10-8-14)17(20)21-4-2/h7-12H,3-6H2,1-2H3. The highest BCUT2D eigenvalue weighted by atomic mass is 16.5. The van der Waals surface area contributed by atoms with E-state index in [2.05, 4.69) is 16.9 Å².